The van der Waals surface area contributed by atoms with E-state index >= 15 is 0 Å². The number of aliphatic hydroxyl groups is 1. The van der Waals surface area contributed by atoms with Crippen molar-refractivity contribution in [2.75, 3.05) is 13.2 Å². The Morgan fingerprint density at radius 1 is 0.338 bits per heavy atom. The summed E-state index contributed by atoms with van der Waals surface area (Å²) in [7, 11) is 0. The van der Waals surface area contributed by atoms with E-state index in [1.165, 1.54) is 263 Å². The number of carbonyl (C=O) groups is 2. The molecule has 1 N–H and O–H groups in total. The summed E-state index contributed by atoms with van der Waals surface area (Å²) >= 11 is 0. The number of ether oxygens (including phenoxy) is 2. The average Bonchev–Trinajstić information content (AvgIpc) is 3.34. The lowest BCUT2D eigenvalue weighted by Crippen LogP contribution is -2.28. The Kier molecular flexibility index (Phi) is 57.8. The van der Waals surface area contributed by atoms with Gasteiger partial charge in [-0.15, -0.1) is 0 Å². The fraction of sp³-hybridized carbons (Fsp3) is 0.873. The fourth-order valence-corrected chi connectivity index (χ4v) is 9.29. The summed E-state index contributed by atoms with van der Waals surface area (Å²) < 4.78 is 10.7. The smallest absolute Gasteiger partial charge is 0.306 e. The van der Waals surface area contributed by atoms with Gasteiger partial charge in [-0.3, -0.25) is 9.59 Å². The zero-order valence-corrected chi connectivity index (χ0v) is 45.9. The van der Waals surface area contributed by atoms with Crippen LogP contribution < -0.4 is 0 Å². The number of esters is 2. The van der Waals surface area contributed by atoms with Gasteiger partial charge in [-0.05, 0) is 70.6 Å². The van der Waals surface area contributed by atoms with Crippen molar-refractivity contribution in [3.8, 4) is 0 Å². The fourth-order valence-electron chi connectivity index (χ4n) is 9.29. The number of hydrogen-bond acceptors (Lipinski definition) is 5. The van der Waals surface area contributed by atoms with Gasteiger partial charge in [0.2, 0.25) is 0 Å². The maximum absolute atomic E-state index is 12.3. The standard InChI is InChI=1S/C63H118O5/c1-3-5-7-9-11-13-15-17-19-21-23-25-27-29-30-31-32-34-35-37-39-41-43-45-47-49-51-53-55-57-62(65)67-60-61(59-64)68-63(66)58-56-54-52-50-48-46-44-42-40-38-36-33-28-26-24-22-20-18-16-14-12-10-8-6-4-2/h16,18,21-24,61,64H,3-15,17,19-20,25-60H2,1-2H3/b18-16-,23-21-,24-22-. The third-order valence-electron chi connectivity index (χ3n) is 13.9. The van der Waals surface area contributed by atoms with Crippen LogP contribution in [-0.4, -0.2) is 36.4 Å². The third-order valence-corrected chi connectivity index (χ3v) is 13.9. The highest BCUT2D eigenvalue weighted by atomic mass is 16.6. The van der Waals surface area contributed by atoms with E-state index < -0.39 is 6.10 Å². The van der Waals surface area contributed by atoms with Crippen LogP contribution in [0.25, 0.3) is 0 Å². The van der Waals surface area contributed by atoms with E-state index in [-0.39, 0.29) is 25.2 Å². The van der Waals surface area contributed by atoms with Gasteiger partial charge in [0.05, 0.1) is 6.61 Å². The molecule has 0 spiro atoms. The minimum Gasteiger partial charge on any atom is -0.462 e. The highest BCUT2D eigenvalue weighted by Crippen LogP contribution is 2.17. The molecule has 0 amide bonds. The van der Waals surface area contributed by atoms with Crippen LogP contribution in [0.15, 0.2) is 36.5 Å². The maximum atomic E-state index is 12.3. The van der Waals surface area contributed by atoms with Crippen LogP contribution >= 0.6 is 0 Å². The van der Waals surface area contributed by atoms with Gasteiger partial charge in [0.25, 0.3) is 0 Å². The molecule has 0 saturated heterocycles. The summed E-state index contributed by atoms with van der Waals surface area (Å²) in [4.78, 5) is 24.6. The van der Waals surface area contributed by atoms with E-state index in [4.69, 9.17) is 9.47 Å². The van der Waals surface area contributed by atoms with Crippen molar-refractivity contribution >= 4 is 11.9 Å². The Labute approximate surface area is 425 Å². The molecule has 1 unspecified atom stereocenters. The highest BCUT2D eigenvalue weighted by Gasteiger charge is 2.16. The topological polar surface area (TPSA) is 72.8 Å². The summed E-state index contributed by atoms with van der Waals surface area (Å²) in [6.45, 7) is 4.18. The second-order valence-corrected chi connectivity index (χ2v) is 20.8. The van der Waals surface area contributed by atoms with Crippen molar-refractivity contribution in [3.05, 3.63) is 36.5 Å². The van der Waals surface area contributed by atoms with Gasteiger partial charge in [0, 0.05) is 12.8 Å². The first-order valence-corrected chi connectivity index (χ1v) is 30.5. The van der Waals surface area contributed by atoms with Crippen LogP contribution in [0.4, 0.5) is 0 Å². The second-order valence-electron chi connectivity index (χ2n) is 20.8. The van der Waals surface area contributed by atoms with Gasteiger partial charge in [0.1, 0.15) is 6.61 Å². The monoisotopic (exact) mass is 955 g/mol. The van der Waals surface area contributed by atoms with Crippen molar-refractivity contribution in [2.24, 2.45) is 0 Å². The lowest BCUT2D eigenvalue weighted by Gasteiger charge is -2.15. The average molecular weight is 956 g/mol. The number of aliphatic hydroxyl groups excluding tert-OH is 1. The molecule has 1 atom stereocenters. The van der Waals surface area contributed by atoms with Gasteiger partial charge in [-0.2, -0.15) is 0 Å². The molecule has 0 fully saturated rings. The molecule has 0 aromatic heterocycles. The minimum absolute atomic E-state index is 0.0615. The molecule has 0 saturated carbocycles. The quantitative estimate of drug-likeness (QED) is 0.0374. The number of carbonyl (C=O) groups excluding carboxylic acids is 2. The van der Waals surface area contributed by atoms with E-state index in [9.17, 15) is 14.7 Å². The molecule has 5 heteroatoms. The summed E-state index contributed by atoms with van der Waals surface area (Å²) in [6, 6.07) is 0. The van der Waals surface area contributed by atoms with Gasteiger partial charge < -0.3 is 14.6 Å². The predicted molar refractivity (Wildman–Crippen MR) is 298 cm³/mol. The second kappa shape index (κ2) is 59.4. The molecule has 5 nitrogen and oxygen atoms in total. The molecule has 0 aliphatic rings. The summed E-state index contributed by atoms with van der Waals surface area (Å²) in [5, 5.41) is 9.67. The summed E-state index contributed by atoms with van der Waals surface area (Å²) in [5.41, 5.74) is 0. The number of hydrogen-bond donors (Lipinski definition) is 1. The maximum Gasteiger partial charge on any atom is 0.306 e. The Morgan fingerprint density at radius 2 is 0.588 bits per heavy atom. The minimum atomic E-state index is -0.771. The van der Waals surface area contributed by atoms with Crippen molar-refractivity contribution < 1.29 is 24.2 Å². The Hall–Kier alpha value is -1.88. The highest BCUT2D eigenvalue weighted by molar-refractivity contribution is 5.70. The Balaban J connectivity index is 3.42. The van der Waals surface area contributed by atoms with Gasteiger partial charge in [-0.25, -0.2) is 0 Å². The molecule has 0 aromatic rings. The van der Waals surface area contributed by atoms with Crippen molar-refractivity contribution in [1.29, 1.82) is 0 Å². The molecule has 0 aliphatic heterocycles. The normalized spacial score (nSPS) is 12.3. The van der Waals surface area contributed by atoms with Crippen LogP contribution in [0, 0.1) is 0 Å². The van der Waals surface area contributed by atoms with Crippen LogP contribution in [0.2, 0.25) is 0 Å². The molecular formula is C63H118O5. The van der Waals surface area contributed by atoms with Gasteiger partial charge in [-0.1, -0.05) is 288 Å². The molecule has 0 rings (SSSR count). The Morgan fingerprint density at radius 3 is 0.882 bits per heavy atom. The molecule has 0 heterocycles. The molecular weight excluding hydrogens is 837 g/mol. The van der Waals surface area contributed by atoms with E-state index in [1.54, 1.807) is 0 Å². The van der Waals surface area contributed by atoms with E-state index in [1.807, 2.05) is 0 Å². The van der Waals surface area contributed by atoms with Gasteiger partial charge >= 0.3 is 11.9 Å². The first-order chi connectivity index (χ1) is 33.6. The Bertz CT molecular complexity index is 1080. The summed E-state index contributed by atoms with van der Waals surface area (Å²) in [6.07, 6.45) is 77.1. The number of unbranched alkanes of at least 4 members (excludes halogenated alkanes) is 43. The van der Waals surface area contributed by atoms with Crippen LogP contribution in [0.5, 0.6) is 0 Å². The molecule has 68 heavy (non-hydrogen) atoms. The third kappa shape index (κ3) is 56.7. The lowest BCUT2D eigenvalue weighted by atomic mass is 10.0. The largest absolute Gasteiger partial charge is 0.462 e. The lowest BCUT2D eigenvalue weighted by molar-refractivity contribution is -0.161. The molecule has 0 bridgehead atoms. The van der Waals surface area contributed by atoms with E-state index in [2.05, 4.69) is 50.3 Å². The summed E-state index contributed by atoms with van der Waals surface area (Å²) in [5.74, 6) is -0.573. The number of rotatable bonds is 57. The predicted octanol–water partition coefficient (Wildman–Crippen LogP) is 20.6. The van der Waals surface area contributed by atoms with Crippen LogP contribution in [0.3, 0.4) is 0 Å². The van der Waals surface area contributed by atoms with E-state index in [0.717, 1.165) is 44.9 Å². The first kappa shape index (κ1) is 66.1. The van der Waals surface area contributed by atoms with Gasteiger partial charge in [0.15, 0.2) is 6.10 Å². The van der Waals surface area contributed by atoms with Crippen LogP contribution in [-0.2, 0) is 19.1 Å². The SMILES string of the molecule is CCCCCCC/C=C\C/C=C\CCCCCCCCCCCCCCCC(=O)OC(CO)COC(=O)CCCCCCCCCCCCCCCCCCC/C=C\CCCCCCCCCC. The molecule has 0 radical (unpaired) electrons. The zero-order chi connectivity index (χ0) is 49.2. The van der Waals surface area contributed by atoms with Crippen LogP contribution in [0.1, 0.15) is 335 Å². The zero-order valence-electron chi connectivity index (χ0n) is 45.9. The van der Waals surface area contributed by atoms with E-state index in [0.29, 0.717) is 12.8 Å². The molecule has 0 aromatic carbocycles. The van der Waals surface area contributed by atoms with Crippen molar-refractivity contribution in [1.82, 2.24) is 0 Å². The van der Waals surface area contributed by atoms with Crippen molar-refractivity contribution in [2.45, 2.75) is 341 Å². The van der Waals surface area contributed by atoms with Crippen molar-refractivity contribution in [3.63, 3.8) is 0 Å². The molecule has 0 aliphatic carbocycles. The molecule has 400 valence electrons. The first-order valence-electron chi connectivity index (χ1n) is 30.5. The number of allylic oxidation sites excluding steroid dienone is 6.